The van der Waals surface area contributed by atoms with Crippen LogP contribution in [0.4, 0.5) is 0 Å². The van der Waals surface area contributed by atoms with Gasteiger partial charge in [0.25, 0.3) is 0 Å². The minimum atomic E-state index is 0. The Hall–Kier alpha value is 0.210. The Kier molecular flexibility index (Phi) is 5.04. The normalized spacial score (nSPS) is 26.4. The second-order valence-corrected chi connectivity index (χ2v) is 2.83. The van der Waals surface area contributed by atoms with Crippen LogP contribution in [0.3, 0.4) is 0 Å². The lowest BCUT2D eigenvalue weighted by Gasteiger charge is -2.18. The van der Waals surface area contributed by atoms with Crippen molar-refractivity contribution in [1.29, 1.82) is 0 Å². The van der Waals surface area contributed by atoms with Crippen LogP contribution in [0.2, 0.25) is 0 Å². The summed E-state index contributed by atoms with van der Waals surface area (Å²) in [6.07, 6.45) is 2.75. The first kappa shape index (κ1) is 10.2. The van der Waals surface area contributed by atoms with E-state index in [1.807, 2.05) is 7.05 Å². The van der Waals surface area contributed by atoms with Crippen LogP contribution in [-0.4, -0.2) is 38.1 Å². The van der Waals surface area contributed by atoms with E-state index in [0.29, 0.717) is 0 Å². The largest absolute Gasteiger partial charge is 0.318 e. The van der Waals surface area contributed by atoms with Crippen LogP contribution in [-0.2, 0) is 0 Å². The molecule has 1 aliphatic rings. The number of nitrogens with one attached hydrogen (secondary N) is 1. The Bertz CT molecular complexity index is 87.7. The molecule has 1 rings (SSSR count). The predicted molar refractivity (Wildman–Crippen MR) is 46.8 cm³/mol. The van der Waals surface area contributed by atoms with Gasteiger partial charge in [-0.2, -0.15) is 0 Å². The fourth-order valence-electron chi connectivity index (χ4n) is 1.47. The van der Waals surface area contributed by atoms with Gasteiger partial charge >= 0.3 is 0 Å². The first-order valence-electron chi connectivity index (χ1n) is 3.69. The summed E-state index contributed by atoms with van der Waals surface area (Å²) in [5.74, 6) is 0. The molecule has 1 heterocycles. The van der Waals surface area contributed by atoms with Crippen molar-refractivity contribution in [2.75, 3.05) is 27.2 Å². The average molecular weight is 165 g/mol. The molecule has 2 nitrogen and oxygen atoms in total. The number of hydrogen-bond acceptors (Lipinski definition) is 2. The van der Waals surface area contributed by atoms with Crippen LogP contribution >= 0.6 is 12.4 Å². The van der Waals surface area contributed by atoms with Gasteiger partial charge < -0.3 is 10.2 Å². The highest BCUT2D eigenvalue weighted by atomic mass is 35.5. The van der Waals surface area contributed by atoms with Crippen molar-refractivity contribution >= 4 is 12.4 Å². The number of nitrogens with zero attached hydrogens (tertiary/aromatic N) is 1. The molecule has 1 unspecified atom stereocenters. The van der Waals surface area contributed by atoms with E-state index < -0.39 is 0 Å². The Morgan fingerprint density at radius 1 is 1.60 bits per heavy atom. The maximum Gasteiger partial charge on any atom is 0.0217 e. The van der Waals surface area contributed by atoms with Gasteiger partial charge in [-0.05, 0) is 33.5 Å². The molecule has 0 aromatic carbocycles. The van der Waals surface area contributed by atoms with E-state index in [-0.39, 0.29) is 12.4 Å². The molecule has 0 spiro atoms. The predicted octanol–water partition coefficient (Wildman–Crippen LogP) is 0.722. The maximum absolute atomic E-state index is 3.20. The molecule has 10 heavy (non-hydrogen) atoms. The third kappa shape index (κ3) is 2.45. The van der Waals surface area contributed by atoms with Gasteiger partial charge in [0.05, 0.1) is 0 Å². The first-order chi connectivity index (χ1) is 4.34. The highest BCUT2D eigenvalue weighted by molar-refractivity contribution is 5.85. The lowest BCUT2D eigenvalue weighted by atomic mass is 10.2. The summed E-state index contributed by atoms with van der Waals surface area (Å²) in [4.78, 5) is 2.43. The van der Waals surface area contributed by atoms with E-state index in [2.05, 4.69) is 17.3 Å². The van der Waals surface area contributed by atoms with Crippen molar-refractivity contribution < 1.29 is 0 Å². The summed E-state index contributed by atoms with van der Waals surface area (Å²) < 4.78 is 0. The minimum absolute atomic E-state index is 0. The zero-order chi connectivity index (χ0) is 6.69. The van der Waals surface area contributed by atoms with Crippen molar-refractivity contribution in [3.63, 3.8) is 0 Å². The number of likely N-dealkylation sites (tertiary alicyclic amines) is 1. The van der Waals surface area contributed by atoms with Gasteiger partial charge in [-0.25, -0.2) is 0 Å². The van der Waals surface area contributed by atoms with E-state index in [4.69, 9.17) is 0 Å². The van der Waals surface area contributed by atoms with E-state index in [1.54, 1.807) is 0 Å². The number of likely N-dealkylation sites (N-methyl/N-ethyl adjacent to an activating group) is 2. The van der Waals surface area contributed by atoms with E-state index in [0.717, 1.165) is 12.6 Å². The average Bonchev–Trinajstić information content (AvgIpc) is 2.18. The SMILES string of the molecule is CNCC1CCCN1C.Cl. The van der Waals surface area contributed by atoms with Gasteiger partial charge in [0.2, 0.25) is 0 Å². The fourth-order valence-corrected chi connectivity index (χ4v) is 1.47. The molecule has 3 heteroatoms. The number of hydrogen-bond donors (Lipinski definition) is 1. The van der Waals surface area contributed by atoms with Crippen molar-refractivity contribution in [2.45, 2.75) is 18.9 Å². The van der Waals surface area contributed by atoms with Crippen molar-refractivity contribution in [3.05, 3.63) is 0 Å². The number of halogens is 1. The maximum atomic E-state index is 3.20. The van der Waals surface area contributed by atoms with E-state index >= 15 is 0 Å². The molecule has 0 aromatic rings. The van der Waals surface area contributed by atoms with Crippen LogP contribution in [0.25, 0.3) is 0 Å². The standard InChI is InChI=1S/C7H16N2.ClH/c1-8-6-7-4-3-5-9(7)2;/h7-8H,3-6H2,1-2H3;1H. The molecule has 0 aromatic heterocycles. The van der Waals surface area contributed by atoms with Gasteiger partial charge in [-0.3, -0.25) is 0 Å². The van der Waals surface area contributed by atoms with Crippen LogP contribution in [0.5, 0.6) is 0 Å². The van der Waals surface area contributed by atoms with Crippen molar-refractivity contribution in [2.24, 2.45) is 0 Å². The van der Waals surface area contributed by atoms with E-state index in [1.165, 1.54) is 19.4 Å². The van der Waals surface area contributed by atoms with Gasteiger partial charge in [0.15, 0.2) is 0 Å². The Morgan fingerprint density at radius 2 is 2.30 bits per heavy atom. The Balaban J connectivity index is 0.000000810. The molecule has 1 saturated heterocycles. The summed E-state index contributed by atoms with van der Waals surface area (Å²) >= 11 is 0. The van der Waals surface area contributed by atoms with Gasteiger partial charge in [-0.15, -0.1) is 12.4 Å². The third-order valence-corrected chi connectivity index (χ3v) is 2.11. The van der Waals surface area contributed by atoms with Crippen LogP contribution in [0.1, 0.15) is 12.8 Å². The summed E-state index contributed by atoms with van der Waals surface area (Å²) in [7, 11) is 4.22. The highest BCUT2D eigenvalue weighted by Gasteiger charge is 2.18. The topological polar surface area (TPSA) is 15.3 Å². The Morgan fingerprint density at radius 3 is 2.70 bits per heavy atom. The summed E-state index contributed by atoms with van der Waals surface area (Å²) in [5, 5.41) is 3.20. The highest BCUT2D eigenvalue weighted by Crippen LogP contribution is 2.12. The molecule has 0 bridgehead atoms. The van der Waals surface area contributed by atoms with Gasteiger partial charge in [0.1, 0.15) is 0 Å². The number of rotatable bonds is 2. The summed E-state index contributed by atoms with van der Waals surface area (Å²) in [6, 6.07) is 0.801. The minimum Gasteiger partial charge on any atom is -0.318 e. The molecule has 1 atom stereocenters. The lowest BCUT2D eigenvalue weighted by Crippen LogP contribution is -2.33. The molecule has 0 radical (unpaired) electrons. The quantitative estimate of drug-likeness (QED) is 0.647. The van der Waals surface area contributed by atoms with Crippen LogP contribution in [0, 0.1) is 0 Å². The molecule has 0 amide bonds. The third-order valence-electron chi connectivity index (χ3n) is 2.11. The van der Waals surface area contributed by atoms with Crippen LogP contribution in [0.15, 0.2) is 0 Å². The fraction of sp³-hybridized carbons (Fsp3) is 1.00. The first-order valence-corrected chi connectivity index (χ1v) is 3.69. The van der Waals surface area contributed by atoms with Crippen molar-refractivity contribution in [1.82, 2.24) is 10.2 Å². The van der Waals surface area contributed by atoms with E-state index in [9.17, 15) is 0 Å². The van der Waals surface area contributed by atoms with Gasteiger partial charge in [0, 0.05) is 12.6 Å². The summed E-state index contributed by atoms with van der Waals surface area (Å²) in [5.41, 5.74) is 0. The molecule has 1 aliphatic heterocycles. The zero-order valence-corrected chi connectivity index (χ0v) is 7.58. The van der Waals surface area contributed by atoms with Crippen LogP contribution < -0.4 is 5.32 Å². The molecule has 1 N–H and O–H groups in total. The monoisotopic (exact) mass is 164 g/mol. The second kappa shape index (κ2) is 4.94. The second-order valence-electron chi connectivity index (χ2n) is 2.83. The van der Waals surface area contributed by atoms with Gasteiger partial charge in [-0.1, -0.05) is 0 Å². The summed E-state index contributed by atoms with van der Waals surface area (Å²) in [6.45, 7) is 2.43. The van der Waals surface area contributed by atoms with Crippen molar-refractivity contribution in [3.8, 4) is 0 Å². The molecular weight excluding hydrogens is 148 g/mol. The smallest absolute Gasteiger partial charge is 0.0217 e. The molecular formula is C7H17ClN2. The zero-order valence-electron chi connectivity index (χ0n) is 6.76. The lowest BCUT2D eigenvalue weighted by molar-refractivity contribution is 0.305. The molecule has 62 valence electrons. The Labute approximate surface area is 69.4 Å². The molecule has 1 fully saturated rings. The molecule has 0 saturated carbocycles. The molecule has 0 aliphatic carbocycles.